The first kappa shape index (κ1) is 17.4. The number of hydrogen-bond acceptors (Lipinski definition) is 3. The molecule has 1 atom stereocenters. The van der Waals surface area contributed by atoms with Crippen molar-refractivity contribution in [2.75, 3.05) is 11.4 Å². The van der Waals surface area contributed by atoms with Crippen molar-refractivity contribution in [1.82, 2.24) is 4.90 Å². The standard InChI is InChI=1S/C19H16ClN3OS/c1-13(14-5-3-2-4-6-14)22-10-9-18(24)23(19(22)25)16-8-7-15(12-21)17(20)11-16/h2-8,11,13H,9-10H2,1H3/t13-/m1/s1. The molecule has 1 fully saturated rings. The summed E-state index contributed by atoms with van der Waals surface area (Å²) >= 11 is 11.7. The largest absolute Gasteiger partial charge is 0.341 e. The van der Waals surface area contributed by atoms with Gasteiger partial charge in [-0.25, -0.2) is 0 Å². The van der Waals surface area contributed by atoms with Gasteiger partial charge in [0.25, 0.3) is 0 Å². The number of carbonyl (C=O) groups excluding carboxylic acids is 1. The Hall–Kier alpha value is -2.42. The van der Waals surface area contributed by atoms with Crippen LogP contribution in [0.15, 0.2) is 48.5 Å². The van der Waals surface area contributed by atoms with Crippen molar-refractivity contribution in [1.29, 1.82) is 5.26 Å². The van der Waals surface area contributed by atoms with Crippen LogP contribution in [0.2, 0.25) is 5.02 Å². The molecule has 0 radical (unpaired) electrons. The first-order valence-corrected chi connectivity index (χ1v) is 8.69. The fourth-order valence-electron chi connectivity index (χ4n) is 2.92. The third-order valence-electron chi connectivity index (χ3n) is 4.33. The van der Waals surface area contributed by atoms with E-state index in [1.54, 1.807) is 18.2 Å². The average Bonchev–Trinajstić information content (AvgIpc) is 2.62. The Morgan fingerprint density at radius 3 is 2.60 bits per heavy atom. The van der Waals surface area contributed by atoms with E-state index >= 15 is 0 Å². The van der Waals surface area contributed by atoms with Gasteiger partial charge < -0.3 is 4.90 Å². The minimum Gasteiger partial charge on any atom is -0.341 e. The first-order valence-electron chi connectivity index (χ1n) is 7.91. The number of anilines is 1. The molecule has 0 aromatic heterocycles. The molecule has 1 amide bonds. The lowest BCUT2D eigenvalue weighted by molar-refractivity contribution is -0.118. The number of benzene rings is 2. The number of thiocarbonyl (C=S) groups is 1. The van der Waals surface area contributed by atoms with Crippen molar-refractivity contribution in [3.63, 3.8) is 0 Å². The third kappa shape index (κ3) is 3.37. The molecule has 4 nitrogen and oxygen atoms in total. The fraction of sp³-hybridized carbons (Fsp3) is 0.211. The number of halogens is 1. The zero-order chi connectivity index (χ0) is 18.0. The highest BCUT2D eigenvalue weighted by molar-refractivity contribution is 7.80. The predicted molar refractivity (Wildman–Crippen MR) is 102 cm³/mol. The van der Waals surface area contributed by atoms with E-state index in [0.29, 0.717) is 34.4 Å². The quantitative estimate of drug-likeness (QED) is 0.757. The lowest BCUT2D eigenvalue weighted by atomic mass is 10.1. The molecule has 6 heteroatoms. The van der Waals surface area contributed by atoms with E-state index in [0.717, 1.165) is 5.56 Å². The molecule has 3 rings (SSSR count). The summed E-state index contributed by atoms with van der Waals surface area (Å²) in [5, 5.41) is 9.78. The molecule has 2 aromatic rings. The molecule has 2 aromatic carbocycles. The lowest BCUT2D eigenvalue weighted by Gasteiger charge is -2.40. The maximum Gasteiger partial charge on any atom is 0.235 e. The van der Waals surface area contributed by atoms with Gasteiger partial charge in [0.2, 0.25) is 5.91 Å². The molecule has 0 bridgehead atoms. The summed E-state index contributed by atoms with van der Waals surface area (Å²) in [4.78, 5) is 16.0. The Morgan fingerprint density at radius 2 is 1.96 bits per heavy atom. The molecule has 0 spiro atoms. The normalized spacial score (nSPS) is 15.9. The number of amides is 1. The topological polar surface area (TPSA) is 47.3 Å². The van der Waals surface area contributed by atoms with E-state index in [9.17, 15) is 4.79 Å². The second-order valence-corrected chi connectivity index (χ2v) is 6.59. The number of hydrogen-bond donors (Lipinski definition) is 0. The minimum absolute atomic E-state index is 0.0538. The molecule has 0 saturated carbocycles. The van der Waals surface area contributed by atoms with Crippen molar-refractivity contribution in [3.8, 4) is 6.07 Å². The minimum atomic E-state index is -0.0673. The molecule has 0 unspecified atom stereocenters. The number of carbonyl (C=O) groups is 1. The smallest absolute Gasteiger partial charge is 0.235 e. The van der Waals surface area contributed by atoms with E-state index in [4.69, 9.17) is 29.1 Å². The van der Waals surface area contributed by atoms with Gasteiger partial charge >= 0.3 is 0 Å². The van der Waals surface area contributed by atoms with E-state index in [-0.39, 0.29) is 11.9 Å². The summed E-state index contributed by atoms with van der Waals surface area (Å²) in [5.74, 6) is -0.0673. The van der Waals surface area contributed by atoms with Gasteiger partial charge in [-0.1, -0.05) is 41.9 Å². The van der Waals surface area contributed by atoms with Crippen LogP contribution in [0, 0.1) is 11.3 Å². The number of nitriles is 1. The van der Waals surface area contributed by atoms with Crippen LogP contribution in [0.1, 0.15) is 30.5 Å². The molecule has 1 aliphatic heterocycles. The summed E-state index contributed by atoms with van der Waals surface area (Å²) in [5.41, 5.74) is 2.09. The zero-order valence-electron chi connectivity index (χ0n) is 13.6. The molecule has 1 saturated heterocycles. The Kier molecular flexibility index (Phi) is 5.03. The van der Waals surface area contributed by atoms with Gasteiger partial charge in [-0.3, -0.25) is 9.69 Å². The van der Waals surface area contributed by atoms with Gasteiger partial charge in [0, 0.05) is 13.0 Å². The average molecular weight is 370 g/mol. The van der Waals surface area contributed by atoms with Crippen molar-refractivity contribution >= 4 is 40.5 Å². The molecular formula is C19H16ClN3OS. The van der Waals surface area contributed by atoms with Crippen LogP contribution in [-0.4, -0.2) is 22.5 Å². The maximum atomic E-state index is 12.5. The lowest BCUT2D eigenvalue weighted by Crippen LogP contribution is -2.53. The molecule has 25 heavy (non-hydrogen) atoms. The molecule has 126 valence electrons. The highest BCUT2D eigenvalue weighted by Crippen LogP contribution is 2.30. The van der Waals surface area contributed by atoms with Crippen molar-refractivity contribution < 1.29 is 4.79 Å². The van der Waals surface area contributed by atoms with Crippen LogP contribution >= 0.6 is 23.8 Å². The summed E-state index contributed by atoms with van der Waals surface area (Å²) in [7, 11) is 0. The van der Waals surface area contributed by atoms with Crippen LogP contribution in [0.5, 0.6) is 0 Å². The van der Waals surface area contributed by atoms with Crippen LogP contribution in [0.25, 0.3) is 0 Å². The molecule has 0 aliphatic carbocycles. The highest BCUT2D eigenvalue weighted by atomic mass is 35.5. The molecule has 1 heterocycles. The van der Waals surface area contributed by atoms with Crippen molar-refractivity contribution in [3.05, 3.63) is 64.7 Å². The Labute approximate surface area is 157 Å². The van der Waals surface area contributed by atoms with Crippen molar-refractivity contribution in [2.45, 2.75) is 19.4 Å². The second kappa shape index (κ2) is 7.22. The highest BCUT2D eigenvalue weighted by Gasteiger charge is 2.33. The summed E-state index contributed by atoms with van der Waals surface area (Å²) < 4.78 is 0. The van der Waals surface area contributed by atoms with Gasteiger partial charge in [-0.05, 0) is 42.9 Å². The van der Waals surface area contributed by atoms with E-state index in [1.807, 2.05) is 41.3 Å². The van der Waals surface area contributed by atoms with Gasteiger partial charge in [0.05, 0.1) is 22.3 Å². The summed E-state index contributed by atoms with van der Waals surface area (Å²) in [6, 6.07) is 17.0. The van der Waals surface area contributed by atoms with Crippen LogP contribution in [0.4, 0.5) is 5.69 Å². The zero-order valence-corrected chi connectivity index (χ0v) is 15.2. The SMILES string of the molecule is C[C@H](c1ccccc1)N1CCC(=O)N(c2ccc(C#N)c(Cl)c2)C1=S. The fourth-order valence-corrected chi connectivity index (χ4v) is 3.59. The summed E-state index contributed by atoms with van der Waals surface area (Å²) in [6.45, 7) is 2.65. The van der Waals surface area contributed by atoms with Gasteiger partial charge in [-0.2, -0.15) is 5.26 Å². The monoisotopic (exact) mass is 369 g/mol. The van der Waals surface area contributed by atoms with E-state index in [1.165, 1.54) is 4.90 Å². The molecule has 1 aliphatic rings. The van der Waals surface area contributed by atoms with Crippen LogP contribution in [-0.2, 0) is 4.79 Å². The number of rotatable bonds is 3. The predicted octanol–water partition coefficient (Wildman–Crippen LogP) is 4.30. The second-order valence-electron chi connectivity index (χ2n) is 5.82. The maximum absolute atomic E-state index is 12.5. The van der Waals surface area contributed by atoms with Gasteiger partial charge in [-0.15, -0.1) is 0 Å². The van der Waals surface area contributed by atoms with Crippen LogP contribution in [0.3, 0.4) is 0 Å². The Morgan fingerprint density at radius 1 is 1.24 bits per heavy atom. The third-order valence-corrected chi connectivity index (χ3v) is 5.06. The van der Waals surface area contributed by atoms with Gasteiger partial charge in [0.15, 0.2) is 5.11 Å². The number of nitrogens with zero attached hydrogens (tertiary/aromatic N) is 3. The van der Waals surface area contributed by atoms with Crippen molar-refractivity contribution in [2.24, 2.45) is 0 Å². The Bertz CT molecular complexity index is 863. The van der Waals surface area contributed by atoms with Gasteiger partial charge in [0.1, 0.15) is 6.07 Å². The van der Waals surface area contributed by atoms with Crippen LogP contribution < -0.4 is 4.90 Å². The van der Waals surface area contributed by atoms with E-state index < -0.39 is 0 Å². The van der Waals surface area contributed by atoms with E-state index in [2.05, 4.69) is 6.92 Å². The first-order chi connectivity index (χ1) is 12.0. The molecular weight excluding hydrogens is 354 g/mol. The molecule has 0 N–H and O–H groups in total. The summed E-state index contributed by atoms with van der Waals surface area (Å²) in [6.07, 6.45) is 0.370. The Balaban J connectivity index is 1.92.